The molecule has 0 saturated carbocycles. The highest BCUT2D eigenvalue weighted by Gasteiger charge is 2.19. The Morgan fingerprint density at radius 3 is 2.61 bits per heavy atom. The van der Waals surface area contributed by atoms with E-state index in [-0.39, 0.29) is 5.76 Å². The van der Waals surface area contributed by atoms with Crippen molar-refractivity contribution < 1.29 is 18.7 Å². The molecule has 9 heteroatoms. The smallest absolute Gasteiger partial charge is 0.307 e. The molecule has 2 aromatic carbocycles. The van der Waals surface area contributed by atoms with Gasteiger partial charge in [-0.15, -0.1) is 0 Å². The highest BCUT2D eigenvalue weighted by Crippen LogP contribution is 2.36. The van der Waals surface area contributed by atoms with E-state index in [1.807, 2.05) is 24.3 Å². The van der Waals surface area contributed by atoms with Crippen LogP contribution in [0.5, 0.6) is 11.5 Å². The van der Waals surface area contributed by atoms with Crippen molar-refractivity contribution in [2.45, 2.75) is 12.8 Å². The lowest BCUT2D eigenvalue weighted by atomic mass is 10.1. The van der Waals surface area contributed by atoms with E-state index < -0.39 is 5.91 Å². The van der Waals surface area contributed by atoms with E-state index >= 15 is 0 Å². The maximum atomic E-state index is 12.5. The first-order valence-corrected chi connectivity index (χ1v) is 11.6. The second-order valence-corrected chi connectivity index (χ2v) is 9.15. The number of hydrogen-bond donors (Lipinski definition) is 1. The summed E-state index contributed by atoms with van der Waals surface area (Å²) in [7, 11) is 3.25. The van der Waals surface area contributed by atoms with Crippen molar-refractivity contribution in [2.24, 2.45) is 5.10 Å². The summed E-state index contributed by atoms with van der Waals surface area (Å²) in [6.07, 6.45) is 3.87. The molecular weight excluding hydrogens is 577 g/mol. The predicted molar refractivity (Wildman–Crippen MR) is 133 cm³/mol. The van der Waals surface area contributed by atoms with E-state index in [4.69, 9.17) is 13.9 Å². The van der Waals surface area contributed by atoms with Crippen LogP contribution in [-0.2, 0) is 0 Å². The van der Waals surface area contributed by atoms with Crippen LogP contribution >= 0.6 is 38.5 Å². The second kappa shape index (κ2) is 9.47. The van der Waals surface area contributed by atoms with E-state index in [0.717, 1.165) is 38.0 Å². The fraction of sp³-hybridized carbons (Fsp3) is 0.273. The molecule has 1 aromatic heterocycles. The number of nitrogens with zero attached hydrogens (tertiary/aromatic N) is 2. The van der Waals surface area contributed by atoms with Crippen LogP contribution in [0.3, 0.4) is 0 Å². The average molecular weight is 598 g/mol. The number of anilines is 1. The van der Waals surface area contributed by atoms with Crippen molar-refractivity contribution >= 4 is 67.3 Å². The van der Waals surface area contributed by atoms with Crippen molar-refractivity contribution in [1.82, 2.24) is 5.43 Å². The SMILES string of the molecule is COc1cc(N2CCCC2)c(OC)cc1/C=N\NC(=O)c1cc2cc(Br)cc(I)c2o1. The van der Waals surface area contributed by atoms with Gasteiger partial charge in [-0.05, 0) is 59.7 Å². The summed E-state index contributed by atoms with van der Waals surface area (Å²) >= 11 is 5.63. The van der Waals surface area contributed by atoms with Gasteiger partial charge in [0.15, 0.2) is 5.76 Å². The lowest BCUT2D eigenvalue weighted by Crippen LogP contribution is -2.19. The molecule has 0 bridgehead atoms. The number of fused-ring (bicyclic) bond motifs is 1. The van der Waals surface area contributed by atoms with E-state index in [2.05, 4.69) is 53.9 Å². The molecule has 7 nitrogen and oxygen atoms in total. The monoisotopic (exact) mass is 597 g/mol. The molecule has 31 heavy (non-hydrogen) atoms. The Hall–Kier alpha value is -2.27. The van der Waals surface area contributed by atoms with Gasteiger partial charge < -0.3 is 18.8 Å². The number of ether oxygens (including phenoxy) is 2. The second-order valence-electron chi connectivity index (χ2n) is 7.08. The van der Waals surface area contributed by atoms with Crippen molar-refractivity contribution in [1.29, 1.82) is 0 Å². The quantitative estimate of drug-likeness (QED) is 0.241. The third kappa shape index (κ3) is 4.67. The Kier molecular flexibility index (Phi) is 6.71. The molecule has 1 fully saturated rings. The first-order valence-electron chi connectivity index (χ1n) is 9.73. The van der Waals surface area contributed by atoms with Crippen LogP contribution in [0.2, 0.25) is 0 Å². The van der Waals surface area contributed by atoms with Gasteiger partial charge >= 0.3 is 5.91 Å². The number of hydrazone groups is 1. The van der Waals surface area contributed by atoms with Crippen LogP contribution in [0.1, 0.15) is 29.0 Å². The average Bonchev–Trinajstić information content (AvgIpc) is 3.43. The van der Waals surface area contributed by atoms with Crippen molar-refractivity contribution in [3.05, 3.63) is 49.7 Å². The van der Waals surface area contributed by atoms with Crippen LogP contribution in [0.25, 0.3) is 11.0 Å². The Bertz CT molecular complexity index is 1160. The zero-order valence-corrected chi connectivity index (χ0v) is 20.8. The minimum Gasteiger partial charge on any atom is -0.496 e. The lowest BCUT2D eigenvalue weighted by molar-refractivity contribution is 0.0929. The Morgan fingerprint density at radius 1 is 1.16 bits per heavy atom. The summed E-state index contributed by atoms with van der Waals surface area (Å²) in [6.45, 7) is 1.99. The van der Waals surface area contributed by atoms with E-state index in [1.54, 1.807) is 20.3 Å². The van der Waals surface area contributed by atoms with Gasteiger partial charge in [0.05, 0.1) is 29.7 Å². The highest BCUT2D eigenvalue weighted by atomic mass is 127. The van der Waals surface area contributed by atoms with Crippen LogP contribution < -0.4 is 19.8 Å². The predicted octanol–water partition coefficient (Wildman–Crippen LogP) is 5.18. The molecular formula is C22H21BrIN3O4. The Balaban J connectivity index is 1.54. The number of halogens is 2. The molecule has 0 radical (unpaired) electrons. The van der Waals surface area contributed by atoms with Crippen LogP contribution in [0.15, 0.2) is 44.3 Å². The van der Waals surface area contributed by atoms with Crippen LogP contribution in [0.4, 0.5) is 5.69 Å². The van der Waals surface area contributed by atoms with Crippen LogP contribution in [0, 0.1) is 3.57 Å². The van der Waals surface area contributed by atoms with Gasteiger partial charge in [0.1, 0.15) is 17.1 Å². The third-order valence-corrected chi connectivity index (χ3v) is 6.37. The van der Waals surface area contributed by atoms with E-state index in [9.17, 15) is 4.79 Å². The number of amides is 1. The third-order valence-electron chi connectivity index (χ3n) is 5.11. The molecule has 4 rings (SSSR count). The van der Waals surface area contributed by atoms with Gasteiger partial charge in [0.25, 0.3) is 0 Å². The van der Waals surface area contributed by atoms with Gasteiger partial charge in [0, 0.05) is 34.6 Å². The number of carbonyl (C=O) groups excluding carboxylic acids is 1. The van der Waals surface area contributed by atoms with Crippen LogP contribution in [-0.4, -0.2) is 39.4 Å². The molecule has 2 heterocycles. The molecule has 1 saturated heterocycles. The summed E-state index contributed by atoms with van der Waals surface area (Å²) in [5.74, 6) is 1.16. The number of hydrogen-bond acceptors (Lipinski definition) is 6. The number of carbonyl (C=O) groups is 1. The van der Waals surface area contributed by atoms with Gasteiger partial charge in [-0.2, -0.15) is 5.10 Å². The van der Waals surface area contributed by atoms with Gasteiger partial charge in [-0.3, -0.25) is 4.79 Å². The molecule has 3 aromatic rings. The molecule has 1 aliphatic rings. The summed E-state index contributed by atoms with van der Waals surface area (Å²) in [4.78, 5) is 14.8. The summed E-state index contributed by atoms with van der Waals surface area (Å²) in [5.41, 5.74) is 4.89. The largest absolute Gasteiger partial charge is 0.496 e. The normalized spacial score (nSPS) is 13.9. The Labute approximate surface area is 202 Å². The van der Waals surface area contributed by atoms with Crippen molar-refractivity contribution in [3.63, 3.8) is 0 Å². The summed E-state index contributed by atoms with van der Waals surface area (Å²) in [5, 5.41) is 4.94. The molecule has 0 unspecified atom stereocenters. The summed E-state index contributed by atoms with van der Waals surface area (Å²) < 4.78 is 18.7. The summed E-state index contributed by atoms with van der Waals surface area (Å²) in [6, 6.07) is 9.34. The fourth-order valence-electron chi connectivity index (χ4n) is 3.61. The molecule has 1 N–H and O–H groups in total. The number of benzene rings is 2. The lowest BCUT2D eigenvalue weighted by Gasteiger charge is -2.22. The van der Waals surface area contributed by atoms with Crippen molar-refractivity contribution in [2.75, 3.05) is 32.2 Å². The number of nitrogens with one attached hydrogen (secondary N) is 1. The molecule has 162 valence electrons. The minimum atomic E-state index is -0.431. The minimum absolute atomic E-state index is 0.192. The molecule has 1 aliphatic heterocycles. The van der Waals surface area contributed by atoms with Gasteiger partial charge in [0.2, 0.25) is 0 Å². The zero-order valence-electron chi connectivity index (χ0n) is 17.1. The fourth-order valence-corrected chi connectivity index (χ4v) is 5.28. The maximum Gasteiger partial charge on any atom is 0.307 e. The Morgan fingerprint density at radius 2 is 1.90 bits per heavy atom. The molecule has 1 amide bonds. The van der Waals surface area contributed by atoms with E-state index in [1.165, 1.54) is 19.1 Å². The first kappa shape index (κ1) is 21.9. The standard InChI is InChI=1S/C22H21BrIN3O4/c1-29-18-11-17(27-5-3-4-6-27)19(30-2)9-14(18)12-25-26-22(28)20-8-13-7-15(23)10-16(24)21(13)31-20/h7-12H,3-6H2,1-2H3,(H,26,28)/b25-12-. The topological polar surface area (TPSA) is 76.3 Å². The van der Waals surface area contributed by atoms with Gasteiger partial charge in [-0.1, -0.05) is 15.9 Å². The zero-order chi connectivity index (χ0) is 22.0. The highest BCUT2D eigenvalue weighted by molar-refractivity contribution is 14.1. The molecule has 0 atom stereocenters. The van der Waals surface area contributed by atoms with Gasteiger partial charge in [-0.25, -0.2) is 5.43 Å². The van der Waals surface area contributed by atoms with Crippen molar-refractivity contribution in [3.8, 4) is 11.5 Å². The first-order chi connectivity index (χ1) is 15.0. The maximum absolute atomic E-state index is 12.5. The molecule has 0 spiro atoms. The number of methoxy groups -OCH3 is 2. The molecule has 0 aliphatic carbocycles. The number of furan rings is 1. The number of rotatable bonds is 6. The van der Waals surface area contributed by atoms with E-state index in [0.29, 0.717) is 16.9 Å².